The first-order chi connectivity index (χ1) is 5.70. The molecule has 0 N–H and O–H groups in total. The largest absolute Gasteiger partial charge is 0.740 e. The molecule has 1 heterocycles. The lowest BCUT2D eigenvalue weighted by atomic mass is 10.4. The molecule has 0 aliphatic rings. The number of carbonyl (C=O) groups is 1. The van der Waals surface area contributed by atoms with Crippen LogP contribution in [-0.2, 0) is 15.5 Å². The first kappa shape index (κ1) is 8.82. The number of hydrogen-bond acceptors (Lipinski definition) is 5. The van der Waals surface area contributed by atoms with E-state index in [1.165, 1.54) is 12.3 Å². The standard InChI is InChI=1S/C6H5NO4S/c8-6(11-12(9)10)5-3-1-2-4-7-5/h1-4H,(H,9,10)/p-1. The Labute approximate surface area is 70.9 Å². The van der Waals surface area contributed by atoms with E-state index in [0.29, 0.717) is 0 Å². The van der Waals surface area contributed by atoms with E-state index in [-0.39, 0.29) is 5.69 Å². The predicted octanol–water partition coefficient (Wildman–Crippen LogP) is 0.0325. The molecule has 0 saturated carbocycles. The minimum absolute atomic E-state index is 0.0401. The Morgan fingerprint density at radius 3 is 2.83 bits per heavy atom. The van der Waals surface area contributed by atoms with E-state index in [1.807, 2.05) is 0 Å². The SMILES string of the molecule is O=C(OS(=O)[O-])c1ccccn1. The molecular weight excluding hydrogens is 182 g/mol. The second-order valence-electron chi connectivity index (χ2n) is 1.79. The van der Waals surface area contributed by atoms with Gasteiger partial charge in [0.05, 0.1) is 0 Å². The van der Waals surface area contributed by atoms with Crippen LogP contribution < -0.4 is 0 Å². The molecular formula is C6H4NO4S-. The quantitative estimate of drug-likeness (QED) is 0.609. The molecule has 0 amide bonds. The third-order valence-corrected chi connectivity index (χ3v) is 1.31. The highest BCUT2D eigenvalue weighted by atomic mass is 32.2. The van der Waals surface area contributed by atoms with E-state index in [0.717, 1.165) is 0 Å². The summed E-state index contributed by atoms with van der Waals surface area (Å²) in [6, 6.07) is 4.51. The van der Waals surface area contributed by atoms with Crippen LogP contribution in [-0.4, -0.2) is 19.7 Å². The Hall–Kier alpha value is -1.27. The van der Waals surface area contributed by atoms with Crippen LogP contribution in [0.4, 0.5) is 0 Å². The van der Waals surface area contributed by atoms with Crippen LogP contribution in [0, 0.1) is 0 Å². The van der Waals surface area contributed by atoms with Gasteiger partial charge in [0.1, 0.15) is 17.1 Å². The lowest BCUT2D eigenvalue weighted by Crippen LogP contribution is -2.08. The molecule has 12 heavy (non-hydrogen) atoms. The number of carbonyl (C=O) groups excluding carboxylic acids is 1. The Morgan fingerprint density at radius 1 is 1.58 bits per heavy atom. The average Bonchev–Trinajstić information content (AvgIpc) is 2.05. The van der Waals surface area contributed by atoms with Gasteiger partial charge in [-0.25, -0.2) is 14.0 Å². The van der Waals surface area contributed by atoms with E-state index in [4.69, 9.17) is 0 Å². The summed E-state index contributed by atoms with van der Waals surface area (Å²) in [6.45, 7) is 0. The minimum Gasteiger partial charge on any atom is -0.740 e. The summed E-state index contributed by atoms with van der Waals surface area (Å²) < 4.78 is 23.7. The Kier molecular flexibility index (Phi) is 2.89. The van der Waals surface area contributed by atoms with Gasteiger partial charge in [0.15, 0.2) is 0 Å². The van der Waals surface area contributed by atoms with Crippen LogP contribution in [0.3, 0.4) is 0 Å². The summed E-state index contributed by atoms with van der Waals surface area (Å²) >= 11 is -2.84. The molecule has 0 fully saturated rings. The van der Waals surface area contributed by atoms with Crippen molar-refractivity contribution in [2.45, 2.75) is 0 Å². The van der Waals surface area contributed by atoms with E-state index >= 15 is 0 Å². The van der Waals surface area contributed by atoms with Gasteiger partial charge < -0.3 is 8.74 Å². The topological polar surface area (TPSA) is 79.3 Å². The fraction of sp³-hybridized carbons (Fsp3) is 0. The van der Waals surface area contributed by atoms with Crippen LogP contribution in [0.5, 0.6) is 0 Å². The molecule has 5 nitrogen and oxygen atoms in total. The minimum atomic E-state index is -2.84. The van der Waals surface area contributed by atoms with Crippen molar-refractivity contribution in [2.24, 2.45) is 0 Å². The van der Waals surface area contributed by atoms with Gasteiger partial charge in [-0.1, -0.05) is 6.07 Å². The van der Waals surface area contributed by atoms with Crippen LogP contribution in [0.1, 0.15) is 10.5 Å². The molecule has 1 unspecified atom stereocenters. The van der Waals surface area contributed by atoms with Gasteiger partial charge in [-0.2, -0.15) is 0 Å². The highest BCUT2D eigenvalue weighted by molar-refractivity contribution is 7.74. The third kappa shape index (κ3) is 2.40. The highest BCUT2D eigenvalue weighted by Gasteiger charge is 2.06. The normalized spacial score (nSPS) is 12.1. The second kappa shape index (κ2) is 3.93. The van der Waals surface area contributed by atoms with Crippen molar-refractivity contribution in [1.82, 2.24) is 4.98 Å². The monoisotopic (exact) mass is 186 g/mol. The molecule has 0 saturated heterocycles. The smallest absolute Gasteiger partial charge is 0.370 e. The molecule has 64 valence electrons. The Bertz CT molecular complexity index is 300. The van der Waals surface area contributed by atoms with Crippen molar-refractivity contribution in [2.75, 3.05) is 0 Å². The summed E-state index contributed by atoms with van der Waals surface area (Å²) in [6.07, 6.45) is 1.37. The number of hydrogen-bond donors (Lipinski definition) is 0. The molecule has 1 aromatic heterocycles. The van der Waals surface area contributed by atoms with Crippen LogP contribution in [0.25, 0.3) is 0 Å². The summed E-state index contributed by atoms with van der Waals surface area (Å²) in [5, 5.41) is 0. The van der Waals surface area contributed by atoms with Crippen molar-refractivity contribution >= 4 is 17.3 Å². The zero-order valence-electron chi connectivity index (χ0n) is 5.80. The van der Waals surface area contributed by atoms with Crippen molar-refractivity contribution in [3.8, 4) is 0 Å². The fourth-order valence-electron chi connectivity index (χ4n) is 0.588. The predicted molar refractivity (Wildman–Crippen MR) is 38.6 cm³/mol. The van der Waals surface area contributed by atoms with Gasteiger partial charge in [0.2, 0.25) is 0 Å². The number of rotatable bonds is 2. The van der Waals surface area contributed by atoms with Gasteiger partial charge in [-0.05, 0) is 12.1 Å². The average molecular weight is 186 g/mol. The second-order valence-corrected chi connectivity index (χ2v) is 2.36. The zero-order valence-corrected chi connectivity index (χ0v) is 6.61. The maximum Gasteiger partial charge on any atom is 0.370 e. The van der Waals surface area contributed by atoms with E-state index in [1.54, 1.807) is 12.1 Å². The molecule has 6 heteroatoms. The lowest BCUT2D eigenvalue weighted by Gasteiger charge is -2.03. The summed E-state index contributed by atoms with van der Waals surface area (Å²) in [7, 11) is 0. The van der Waals surface area contributed by atoms with Crippen molar-refractivity contribution < 1.29 is 17.7 Å². The van der Waals surface area contributed by atoms with Gasteiger partial charge in [-0.15, -0.1) is 0 Å². The first-order valence-electron chi connectivity index (χ1n) is 2.93. The molecule has 1 rings (SSSR count). The van der Waals surface area contributed by atoms with Crippen LogP contribution >= 0.6 is 0 Å². The van der Waals surface area contributed by atoms with Crippen molar-refractivity contribution in [1.29, 1.82) is 0 Å². The zero-order chi connectivity index (χ0) is 8.97. The fourth-order valence-corrected chi connectivity index (χ4v) is 0.797. The molecule has 0 aromatic carbocycles. The summed E-state index contributed by atoms with van der Waals surface area (Å²) in [4.78, 5) is 14.4. The van der Waals surface area contributed by atoms with Gasteiger partial charge >= 0.3 is 5.97 Å². The molecule has 0 bridgehead atoms. The van der Waals surface area contributed by atoms with Crippen molar-refractivity contribution in [3.63, 3.8) is 0 Å². The van der Waals surface area contributed by atoms with E-state index < -0.39 is 17.3 Å². The lowest BCUT2D eigenvalue weighted by molar-refractivity contribution is 0.0735. The highest BCUT2D eigenvalue weighted by Crippen LogP contribution is 1.96. The number of pyridine rings is 1. The Morgan fingerprint density at radius 2 is 2.33 bits per heavy atom. The van der Waals surface area contributed by atoms with Crippen molar-refractivity contribution in [3.05, 3.63) is 30.1 Å². The third-order valence-electron chi connectivity index (χ3n) is 1.02. The summed E-state index contributed by atoms with van der Waals surface area (Å²) in [5.74, 6) is -0.982. The van der Waals surface area contributed by atoms with Crippen LogP contribution in [0.15, 0.2) is 24.4 Å². The summed E-state index contributed by atoms with van der Waals surface area (Å²) in [5.41, 5.74) is -0.0401. The maximum absolute atomic E-state index is 10.8. The Balaban J connectivity index is 2.73. The number of nitrogens with zero attached hydrogens (tertiary/aromatic N) is 1. The van der Waals surface area contributed by atoms with E-state index in [2.05, 4.69) is 9.17 Å². The molecule has 0 aliphatic carbocycles. The molecule has 0 radical (unpaired) electrons. The van der Waals surface area contributed by atoms with Gasteiger partial charge in [0.25, 0.3) is 0 Å². The number of aromatic nitrogens is 1. The molecule has 0 aliphatic heterocycles. The molecule has 1 aromatic rings. The van der Waals surface area contributed by atoms with Gasteiger partial charge in [0, 0.05) is 6.20 Å². The molecule has 1 atom stereocenters. The first-order valence-corrected chi connectivity index (χ1v) is 3.93. The maximum atomic E-state index is 10.8. The van der Waals surface area contributed by atoms with Crippen LogP contribution in [0.2, 0.25) is 0 Å². The van der Waals surface area contributed by atoms with Gasteiger partial charge in [-0.3, -0.25) is 0 Å². The molecule has 0 spiro atoms. The van der Waals surface area contributed by atoms with E-state index in [9.17, 15) is 13.6 Å².